The van der Waals surface area contributed by atoms with Gasteiger partial charge in [0.25, 0.3) is 0 Å². The third-order valence-electron chi connectivity index (χ3n) is 1.47. The second-order valence-electron chi connectivity index (χ2n) is 2.29. The molecule has 0 aliphatic carbocycles. The first-order valence-corrected chi connectivity index (χ1v) is 3.72. The van der Waals surface area contributed by atoms with Crippen molar-refractivity contribution in [3.8, 4) is 0 Å². The lowest BCUT2D eigenvalue weighted by molar-refractivity contribution is -0.153. The molecule has 0 unspecified atom stereocenters. The minimum atomic E-state index is 0.525. The Morgan fingerprint density at radius 1 is 1.82 bits per heavy atom. The second-order valence-corrected chi connectivity index (χ2v) is 2.29. The summed E-state index contributed by atoms with van der Waals surface area (Å²) in [7, 11) is 0. The molecule has 0 bridgehead atoms. The largest absolute Gasteiger partial charge is 0.377 e. The molecule has 1 aliphatic rings. The maximum atomic E-state index is 10.2. The summed E-state index contributed by atoms with van der Waals surface area (Å²) in [5.74, 6) is 1.83. The first kappa shape index (κ1) is 8.27. The van der Waals surface area contributed by atoms with Crippen LogP contribution in [0, 0.1) is 0 Å². The Morgan fingerprint density at radius 3 is 3.27 bits per heavy atom. The van der Waals surface area contributed by atoms with Crippen LogP contribution in [-0.2, 0) is 9.63 Å². The van der Waals surface area contributed by atoms with Crippen molar-refractivity contribution < 1.29 is 9.63 Å². The van der Waals surface area contributed by atoms with Crippen molar-refractivity contribution in [1.29, 1.82) is 0 Å². The summed E-state index contributed by atoms with van der Waals surface area (Å²) in [6.07, 6.45) is 0. The molecule has 0 aromatic rings. The van der Waals surface area contributed by atoms with Gasteiger partial charge in [-0.2, -0.15) is 5.06 Å². The summed E-state index contributed by atoms with van der Waals surface area (Å²) in [4.78, 5) is 15.4. The fourth-order valence-electron chi connectivity index (χ4n) is 1.00. The van der Waals surface area contributed by atoms with Crippen molar-refractivity contribution in [2.24, 2.45) is 0 Å². The van der Waals surface area contributed by atoms with Crippen LogP contribution in [0.3, 0.4) is 0 Å². The van der Waals surface area contributed by atoms with E-state index in [9.17, 15) is 4.79 Å². The van der Waals surface area contributed by atoms with Gasteiger partial charge in [-0.25, -0.2) is 4.79 Å². The van der Waals surface area contributed by atoms with Crippen molar-refractivity contribution in [3.05, 3.63) is 5.70 Å². The van der Waals surface area contributed by atoms with Gasteiger partial charge in [0.2, 0.25) is 0 Å². The highest BCUT2D eigenvalue weighted by Crippen LogP contribution is 1.98. The molecule has 0 spiro atoms. The normalized spacial score (nSPS) is 19.2. The lowest BCUT2D eigenvalue weighted by atomic mass is 10.4. The standard InChI is InChI=1S/C7H12N2O2/c1-2-11-9-4-3-8-7(5-9)6-10/h8H,2-5H2,1H3. The Balaban J connectivity index is 2.39. The van der Waals surface area contributed by atoms with E-state index in [0.29, 0.717) is 18.8 Å². The molecular formula is C7H12N2O2. The van der Waals surface area contributed by atoms with E-state index >= 15 is 0 Å². The molecule has 11 heavy (non-hydrogen) atoms. The van der Waals surface area contributed by atoms with Crippen LogP contribution in [0.25, 0.3) is 0 Å². The first-order chi connectivity index (χ1) is 5.36. The van der Waals surface area contributed by atoms with Gasteiger partial charge in [0.15, 0.2) is 0 Å². The topological polar surface area (TPSA) is 41.6 Å². The molecule has 1 aliphatic heterocycles. The Bertz CT molecular complexity index is 173. The number of hydroxylamine groups is 2. The smallest absolute Gasteiger partial charge is 0.147 e. The fraction of sp³-hybridized carbons (Fsp3) is 0.714. The average Bonchev–Trinajstić information content (AvgIpc) is 2.06. The van der Waals surface area contributed by atoms with Gasteiger partial charge in [-0.3, -0.25) is 4.84 Å². The first-order valence-electron chi connectivity index (χ1n) is 3.72. The van der Waals surface area contributed by atoms with Gasteiger partial charge in [0, 0.05) is 13.1 Å². The minimum Gasteiger partial charge on any atom is -0.377 e. The zero-order valence-electron chi connectivity index (χ0n) is 6.59. The van der Waals surface area contributed by atoms with E-state index in [-0.39, 0.29) is 0 Å². The maximum Gasteiger partial charge on any atom is 0.147 e. The molecule has 0 aromatic heterocycles. The van der Waals surface area contributed by atoms with Crippen LogP contribution in [-0.4, -0.2) is 37.2 Å². The maximum absolute atomic E-state index is 10.2. The molecule has 1 rings (SSSR count). The summed E-state index contributed by atoms with van der Waals surface area (Å²) >= 11 is 0. The van der Waals surface area contributed by atoms with Crippen LogP contribution >= 0.6 is 0 Å². The molecular weight excluding hydrogens is 144 g/mol. The number of rotatable bonds is 2. The Kier molecular flexibility index (Phi) is 3.11. The van der Waals surface area contributed by atoms with E-state index in [1.807, 2.05) is 12.9 Å². The van der Waals surface area contributed by atoms with E-state index in [4.69, 9.17) is 4.84 Å². The molecule has 0 aromatic carbocycles. The molecule has 4 nitrogen and oxygen atoms in total. The Hall–Kier alpha value is -0.830. The molecule has 62 valence electrons. The molecule has 0 amide bonds. The van der Waals surface area contributed by atoms with Gasteiger partial charge in [-0.15, -0.1) is 0 Å². The van der Waals surface area contributed by atoms with Crippen LogP contribution < -0.4 is 5.32 Å². The van der Waals surface area contributed by atoms with Gasteiger partial charge in [0.05, 0.1) is 13.2 Å². The van der Waals surface area contributed by atoms with Crippen molar-refractivity contribution in [3.63, 3.8) is 0 Å². The van der Waals surface area contributed by atoms with Gasteiger partial charge < -0.3 is 5.32 Å². The predicted molar refractivity (Wildman–Crippen MR) is 40.4 cm³/mol. The molecule has 1 saturated heterocycles. The highest BCUT2D eigenvalue weighted by atomic mass is 16.7. The zero-order chi connectivity index (χ0) is 8.10. The summed E-state index contributed by atoms with van der Waals surface area (Å²) < 4.78 is 0. The predicted octanol–water partition coefficient (Wildman–Crippen LogP) is -0.441. The molecule has 4 heteroatoms. The minimum absolute atomic E-state index is 0.525. The van der Waals surface area contributed by atoms with E-state index in [0.717, 1.165) is 13.1 Å². The molecule has 0 atom stereocenters. The molecule has 1 fully saturated rings. The lowest BCUT2D eigenvalue weighted by Crippen LogP contribution is -2.42. The van der Waals surface area contributed by atoms with Crippen molar-refractivity contribution in [1.82, 2.24) is 10.4 Å². The number of carbonyl (C=O) groups excluding carboxylic acids is 1. The van der Waals surface area contributed by atoms with Crippen LogP contribution in [0.15, 0.2) is 5.70 Å². The fourth-order valence-corrected chi connectivity index (χ4v) is 1.00. The zero-order valence-corrected chi connectivity index (χ0v) is 6.59. The number of nitrogens with one attached hydrogen (secondary N) is 1. The van der Waals surface area contributed by atoms with E-state index < -0.39 is 0 Å². The summed E-state index contributed by atoms with van der Waals surface area (Å²) in [6.45, 7) is 4.67. The monoisotopic (exact) mass is 156 g/mol. The number of hydrogen-bond acceptors (Lipinski definition) is 4. The molecule has 1 N–H and O–H groups in total. The third-order valence-corrected chi connectivity index (χ3v) is 1.47. The van der Waals surface area contributed by atoms with Gasteiger partial charge in [-0.05, 0) is 6.92 Å². The SMILES string of the molecule is CCON1CCNC(=C=O)C1. The van der Waals surface area contributed by atoms with Crippen LogP contribution in [0.2, 0.25) is 0 Å². The highest BCUT2D eigenvalue weighted by molar-refractivity contribution is 5.52. The van der Waals surface area contributed by atoms with Crippen LogP contribution in [0.4, 0.5) is 0 Å². The molecule has 0 radical (unpaired) electrons. The molecule has 1 heterocycles. The molecule has 0 saturated carbocycles. The summed E-state index contributed by atoms with van der Waals surface area (Å²) in [6, 6.07) is 0. The van der Waals surface area contributed by atoms with Crippen LogP contribution in [0.1, 0.15) is 6.92 Å². The van der Waals surface area contributed by atoms with Crippen molar-refractivity contribution in [2.45, 2.75) is 6.92 Å². The summed E-state index contributed by atoms with van der Waals surface area (Å²) in [5.41, 5.74) is 0.574. The van der Waals surface area contributed by atoms with Crippen molar-refractivity contribution >= 4 is 5.94 Å². The van der Waals surface area contributed by atoms with E-state index in [1.165, 1.54) is 0 Å². The van der Waals surface area contributed by atoms with Crippen molar-refractivity contribution in [2.75, 3.05) is 26.2 Å². The van der Waals surface area contributed by atoms with Gasteiger partial charge in [-0.1, -0.05) is 0 Å². The van der Waals surface area contributed by atoms with Gasteiger partial charge >= 0.3 is 0 Å². The van der Waals surface area contributed by atoms with Crippen LogP contribution in [0.5, 0.6) is 0 Å². The summed E-state index contributed by atoms with van der Waals surface area (Å²) in [5, 5.41) is 4.69. The second kappa shape index (κ2) is 4.13. The third kappa shape index (κ3) is 2.35. The van der Waals surface area contributed by atoms with Gasteiger partial charge in [0.1, 0.15) is 11.6 Å². The number of nitrogens with zero attached hydrogens (tertiary/aromatic N) is 1. The highest BCUT2D eigenvalue weighted by Gasteiger charge is 2.13. The Labute approximate surface area is 65.8 Å². The number of piperazine rings is 1. The van der Waals surface area contributed by atoms with E-state index in [1.54, 1.807) is 5.06 Å². The quantitative estimate of drug-likeness (QED) is 0.550. The number of hydrogen-bond donors (Lipinski definition) is 1. The van der Waals surface area contributed by atoms with E-state index in [2.05, 4.69) is 5.32 Å². The average molecular weight is 156 g/mol. The Morgan fingerprint density at radius 2 is 2.64 bits per heavy atom. The lowest BCUT2D eigenvalue weighted by Gasteiger charge is -2.26.